The monoisotopic (exact) mass is 681 g/mol. The molecule has 0 saturated carbocycles. The van der Waals surface area contributed by atoms with Crippen LogP contribution in [0.3, 0.4) is 0 Å². The van der Waals surface area contributed by atoms with E-state index in [0.717, 1.165) is 18.3 Å². The maximum Gasteiger partial charge on any atom is 0.251 e. The van der Waals surface area contributed by atoms with Gasteiger partial charge < -0.3 is 16.0 Å². The molecule has 3 aromatic rings. The van der Waals surface area contributed by atoms with E-state index >= 15 is 0 Å². The third-order valence-electron chi connectivity index (χ3n) is 4.87. The minimum Gasteiger partial charge on any atom is -0.350 e. The van der Waals surface area contributed by atoms with Gasteiger partial charge in [-0.05, 0) is 113 Å². The van der Waals surface area contributed by atoms with Gasteiger partial charge in [-0.25, -0.2) is 0 Å². The van der Waals surface area contributed by atoms with Gasteiger partial charge in [-0.1, -0.05) is 24.3 Å². The van der Waals surface area contributed by atoms with E-state index < -0.39 is 0 Å². The summed E-state index contributed by atoms with van der Waals surface area (Å²) in [6, 6.07) is 20.1. The Morgan fingerprint density at radius 2 is 1.00 bits per heavy atom. The summed E-state index contributed by atoms with van der Waals surface area (Å²) in [7, 11) is 0. The van der Waals surface area contributed by atoms with Crippen molar-refractivity contribution in [2.75, 3.05) is 0 Å². The summed E-state index contributed by atoms with van der Waals surface area (Å²) < 4.78 is 2.22. The number of rotatable bonds is 8. The minimum absolute atomic E-state index is 0.0796. The lowest BCUT2D eigenvalue weighted by Gasteiger charge is -2.13. The molecule has 0 saturated heterocycles. The van der Waals surface area contributed by atoms with Crippen LogP contribution in [0.15, 0.2) is 66.7 Å². The zero-order valence-electron chi connectivity index (χ0n) is 18.8. The third-order valence-corrected chi connectivity index (χ3v) is 6.31. The maximum absolute atomic E-state index is 12.9. The zero-order valence-corrected chi connectivity index (χ0v) is 23.1. The molecule has 0 fully saturated rings. The molecule has 0 aliphatic rings. The number of hydrogen-bond acceptors (Lipinski definition) is 3. The van der Waals surface area contributed by atoms with E-state index in [1.54, 1.807) is 0 Å². The van der Waals surface area contributed by atoms with Crippen molar-refractivity contribution in [2.24, 2.45) is 0 Å². The lowest BCUT2D eigenvalue weighted by atomic mass is 10.0. The lowest BCUT2D eigenvalue weighted by molar-refractivity contribution is 0.0943. The number of halogens is 2. The van der Waals surface area contributed by atoms with Crippen LogP contribution < -0.4 is 16.0 Å². The van der Waals surface area contributed by atoms with E-state index in [1.807, 2.05) is 62.4 Å². The summed E-state index contributed by atoms with van der Waals surface area (Å²) >= 11 is 4.45. The van der Waals surface area contributed by atoms with Gasteiger partial charge in [0.25, 0.3) is 17.7 Å². The molecule has 0 aromatic heterocycles. The predicted octanol–water partition coefficient (Wildman–Crippen LogP) is 4.89. The van der Waals surface area contributed by atoms with Gasteiger partial charge in [0.05, 0.1) is 0 Å². The minimum atomic E-state index is -0.357. The largest absolute Gasteiger partial charge is 0.350 e. The van der Waals surface area contributed by atoms with Gasteiger partial charge in [-0.15, -0.1) is 0 Å². The Morgan fingerprint density at radius 1 is 0.647 bits per heavy atom. The van der Waals surface area contributed by atoms with Crippen molar-refractivity contribution in [2.45, 2.75) is 33.0 Å². The summed E-state index contributed by atoms with van der Waals surface area (Å²) in [6.45, 7) is 4.38. The van der Waals surface area contributed by atoms with Gasteiger partial charge in [0, 0.05) is 43.0 Å². The van der Waals surface area contributed by atoms with Gasteiger partial charge in [-0.2, -0.15) is 0 Å². The van der Waals surface area contributed by atoms with E-state index in [9.17, 15) is 14.4 Å². The lowest BCUT2D eigenvalue weighted by Crippen LogP contribution is -2.31. The van der Waals surface area contributed by atoms with Crippen molar-refractivity contribution >= 4 is 62.9 Å². The molecular weight excluding hydrogens is 656 g/mol. The van der Waals surface area contributed by atoms with Crippen molar-refractivity contribution in [1.29, 1.82) is 0 Å². The highest BCUT2D eigenvalue weighted by Gasteiger charge is 2.17. The van der Waals surface area contributed by atoms with Crippen LogP contribution >= 0.6 is 45.2 Å². The van der Waals surface area contributed by atoms with Crippen molar-refractivity contribution in [3.63, 3.8) is 0 Å². The highest BCUT2D eigenvalue weighted by molar-refractivity contribution is 14.1. The van der Waals surface area contributed by atoms with E-state index in [1.165, 1.54) is 18.2 Å². The van der Waals surface area contributed by atoms with Gasteiger partial charge in [0.15, 0.2) is 0 Å². The van der Waals surface area contributed by atoms with E-state index in [4.69, 9.17) is 0 Å². The third kappa shape index (κ3) is 7.79. The quantitative estimate of drug-likeness (QED) is 0.296. The van der Waals surface area contributed by atoms with Crippen LogP contribution in [0.25, 0.3) is 0 Å². The van der Waals surface area contributed by atoms with Crippen molar-refractivity contribution < 1.29 is 14.4 Å². The first-order valence-corrected chi connectivity index (χ1v) is 12.9. The fourth-order valence-electron chi connectivity index (χ4n) is 3.14. The standard InChI is InChI=1S/C26H25I2N3O3/c1-16(2)31-26(34)21-12-19(24(32)29-14-17-3-7-22(27)8-4-17)11-20(13-21)25(33)30-15-18-5-9-23(28)10-6-18/h3-13,16H,14-15H2,1-2H3,(H,29,32)(H,30,33)(H,31,34). The van der Waals surface area contributed by atoms with Crippen LogP contribution in [-0.2, 0) is 13.1 Å². The summed E-state index contributed by atoms with van der Waals surface area (Å²) in [6.07, 6.45) is 0. The van der Waals surface area contributed by atoms with Gasteiger partial charge in [0.1, 0.15) is 0 Å². The Balaban J connectivity index is 1.79. The first kappa shape index (κ1) is 26.1. The van der Waals surface area contributed by atoms with Crippen LogP contribution in [0.5, 0.6) is 0 Å². The molecule has 0 radical (unpaired) electrons. The maximum atomic E-state index is 12.9. The Kier molecular flexibility index (Phi) is 9.45. The molecule has 176 valence electrons. The summed E-state index contributed by atoms with van der Waals surface area (Å²) in [4.78, 5) is 38.4. The van der Waals surface area contributed by atoms with Crippen LogP contribution in [0, 0.1) is 7.14 Å². The first-order valence-electron chi connectivity index (χ1n) is 10.7. The summed E-state index contributed by atoms with van der Waals surface area (Å²) in [5.74, 6) is -1.05. The Morgan fingerprint density at radius 3 is 1.35 bits per heavy atom. The van der Waals surface area contributed by atoms with E-state index in [-0.39, 0.29) is 40.5 Å². The van der Waals surface area contributed by atoms with Crippen LogP contribution in [0.4, 0.5) is 0 Å². The van der Waals surface area contributed by atoms with Crippen molar-refractivity contribution in [1.82, 2.24) is 16.0 Å². The number of benzene rings is 3. The summed E-state index contributed by atoms with van der Waals surface area (Å²) in [5, 5.41) is 8.54. The molecule has 0 aliphatic carbocycles. The molecule has 0 spiro atoms. The van der Waals surface area contributed by atoms with E-state index in [0.29, 0.717) is 13.1 Å². The highest BCUT2D eigenvalue weighted by Crippen LogP contribution is 2.14. The number of carbonyl (C=O) groups is 3. The highest BCUT2D eigenvalue weighted by atomic mass is 127. The molecule has 0 atom stereocenters. The molecule has 0 bridgehead atoms. The van der Waals surface area contributed by atoms with Crippen LogP contribution in [0.1, 0.15) is 56.0 Å². The molecule has 8 heteroatoms. The molecular formula is C26H25I2N3O3. The molecule has 6 nitrogen and oxygen atoms in total. The molecule has 0 unspecified atom stereocenters. The van der Waals surface area contributed by atoms with E-state index in [2.05, 4.69) is 61.1 Å². The molecule has 3 aromatic carbocycles. The molecule has 3 rings (SSSR count). The molecule has 0 heterocycles. The van der Waals surface area contributed by atoms with Gasteiger partial charge in [-0.3, -0.25) is 14.4 Å². The predicted molar refractivity (Wildman–Crippen MR) is 150 cm³/mol. The second kappa shape index (κ2) is 12.3. The average Bonchev–Trinajstić information content (AvgIpc) is 2.82. The number of carbonyl (C=O) groups excluding carboxylic acids is 3. The average molecular weight is 681 g/mol. The Bertz CT molecular complexity index is 1100. The number of hydrogen-bond donors (Lipinski definition) is 3. The first-order chi connectivity index (χ1) is 16.2. The Hall–Kier alpha value is -2.47. The normalized spacial score (nSPS) is 10.6. The fraction of sp³-hybridized carbons (Fsp3) is 0.192. The fourth-order valence-corrected chi connectivity index (χ4v) is 3.86. The second-order valence-electron chi connectivity index (χ2n) is 8.05. The Labute approximate surface area is 226 Å². The zero-order chi connectivity index (χ0) is 24.7. The molecule has 0 aliphatic heterocycles. The molecule has 3 amide bonds. The molecule has 34 heavy (non-hydrogen) atoms. The summed E-state index contributed by atoms with van der Waals surface area (Å²) in [5.41, 5.74) is 2.67. The van der Waals surface area contributed by atoms with Gasteiger partial charge >= 0.3 is 0 Å². The van der Waals surface area contributed by atoms with Crippen molar-refractivity contribution in [3.8, 4) is 0 Å². The van der Waals surface area contributed by atoms with Crippen LogP contribution in [-0.4, -0.2) is 23.8 Å². The number of amides is 3. The smallest absolute Gasteiger partial charge is 0.251 e. The van der Waals surface area contributed by atoms with Crippen LogP contribution in [0.2, 0.25) is 0 Å². The van der Waals surface area contributed by atoms with Gasteiger partial charge in [0.2, 0.25) is 0 Å². The number of nitrogens with one attached hydrogen (secondary N) is 3. The molecule has 3 N–H and O–H groups in total. The topological polar surface area (TPSA) is 87.3 Å². The second-order valence-corrected chi connectivity index (χ2v) is 10.5. The van der Waals surface area contributed by atoms with Crippen molar-refractivity contribution in [3.05, 3.63) is 102 Å². The SMILES string of the molecule is CC(C)NC(=O)c1cc(C(=O)NCc2ccc(I)cc2)cc(C(=O)NCc2ccc(I)cc2)c1.